The second kappa shape index (κ2) is 8.95. The van der Waals surface area contributed by atoms with Gasteiger partial charge < -0.3 is 10.1 Å². The van der Waals surface area contributed by atoms with Crippen LogP contribution in [0.3, 0.4) is 0 Å². The Morgan fingerprint density at radius 2 is 1.96 bits per heavy atom. The number of hydrogen-bond acceptors (Lipinski definition) is 5. The number of methoxy groups -OCH3 is 1. The summed E-state index contributed by atoms with van der Waals surface area (Å²) in [6, 6.07) is 8.63. The molecule has 6 heteroatoms. The zero-order chi connectivity index (χ0) is 19.4. The van der Waals surface area contributed by atoms with Gasteiger partial charge in [-0.05, 0) is 32.4 Å². The molecule has 0 spiro atoms. The van der Waals surface area contributed by atoms with Crippen molar-refractivity contribution < 1.29 is 4.74 Å². The number of nitrogens with one attached hydrogen (secondary N) is 1. The van der Waals surface area contributed by atoms with E-state index < -0.39 is 0 Å². The van der Waals surface area contributed by atoms with Crippen molar-refractivity contribution in [3.63, 3.8) is 0 Å². The Hall–Kier alpha value is -1.76. The number of nitrogens with zero attached hydrogens (tertiary/aromatic N) is 3. The van der Waals surface area contributed by atoms with Gasteiger partial charge >= 0.3 is 0 Å². The van der Waals surface area contributed by atoms with Gasteiger partial charge in [-0.15, -0.1) is 0 Å². The average Bonchev–Trinajstić information content (AvgIpc) is 2.64. The maximum atomic E-state index is 13.2. The van der Waals surface area contributed by atoms with Crippen LogP contribution in [0, 0.1) is 0 Å². The number of para-hydroxylation sites is 1. The molecule has 2 aromatic rings. The van der Waals surface area contributed by atoms with Gasteiger partial charge in [-0.1, -0.05) is 25.5 Å². The van der Waals surface area contributed by atoms with Crippen LogP contribution in [0.4, 0.5) is 0 Å². The van der Waals surface area contributed by atoms with Crippen molar-refractivity contribution >= 4 is 10.9 Å². The van der Waals surface area contributed by atoms with E-state index in [-0.39, 0.29) is 11.6 Å². The van der Waals surface area contributed by atoms with E-state index in [2.05, 4.69) is 31.0 Å². The van der Waals surface area contributed by atoms with Crippen LogP contribution in [0.25, 0.3) is 10.9 Å². The van der Waals surface area contributed by atoms with E-state index in [0.717, 1.165) is 37.3 Å². The summed E-state index contributed by atoms with van der Waals surface area (Å²) in [6.45, 7) is 9.58. The molecular weight excluding hydrogens is 340 g/mol. The summed E-state index contributed by atoms with van der Waals surface area (Å²) in [7, 11) is 1.67. The van der Waals surface area contributed by atoms with E-state index in [9.17, 15) is 4.79 Å². The SMILES string of the molecule is CCC[C@H](c1nc2ccccc2c(=O)n1CCOC)N1C[C@@H](C)N[C@@H](C)C1. The Balaban J connectivity index is 2.10. The minimum atomic E-state index is 0.0324. The van der Waals surface area contributed by atoms with Crippen molar-refractivity contribution in [2.24, 2.45) is 0 Å². The summed E-state index contributed by atoms with van der Waals surface area (Å²) in [6.07, 6.45) is 2.03. The molecule has 3 rings (SSSR count). The second-order valence-corrected chi connectivity index (χ2v) is 7.66. The molecule has 0 bridgehead atoms. The summed E-state index contributed by atoms with van der Waals surface area (Å²) < 4.78 is 7.11. The predicted octanol–water partition coefficient (Wildman–Crippen LogP) is 2.57. The van der Waals surface area contributed by atoms with Crippen LogP contribution in [0.1, 0.15) is 45.5 Å². The lowest BCUT2D eigenvalue weighted by molar-refractivity contribution is 0.106. The van der Waals surface area contributed by atoms with Crippen LogP contribution in [0.5, 0.6) is 0 Å². The molecule has 3 atom stereocenters. The van der Waals surface area contributed by atoms with Crippen LogP contribution in [-0.4, -0.2) is 53.3 Å². The van der Waals surface area contributed by atoms with E-state index in [0.29, 0.717) is 30.6 Å². The van der Waals surface area contributed by atoms with Crippen LogP contribution >= 0.6 is 0 Å². The molecule has 1 saturated heterocycles. The van der Waals surface area contributed by atoms with Gasteiger partial charge in [-0.2, -0.15) is 0 Å². The maximum absolute atomic E-state index is 13.2. The lowest BCUT2D eigenvalue weighted by Gasteiger charge is -2.41. The molecule has 1 N–H and O–H groups in total. The molecule has 148 valence electrons. The Labute approximate surface area is 161 Å². The number of benzene rings is 1. The van der Waals surface area contributed by atoms with Gasteiger partial charge in [0.2, 0.25) is 0 Å². The minimum absolute atomic E-state index is 0.0324. The number of piperazine rings is 1. The summed E-state index contributed by atoms with van der Waals surface area (Å²) >= 11 is 0. The van der Waals surface area contributed by atoms with Crippen LogP contribution in [-0.2, 0) is 11.3 Å². The van der Waals surface area contributed by atoms with Crippen molar-refractivity contribution in [2.45, 2.75) is 58.3 Å². The molecule has 0 unspecified atom stereocenters. The Kier molecular flexibility index (Phi) is 6.63. The fourth-order valence-corrected chi connectivity index (χ4v) is 4.21. The van der Waals surface area contributed by atoms with Crippen LogP contribution < -0.4 is 10.9 Å². The Morgan fingerprint density at radius 1 is 1.26 bits per heavy atom. The molecule has 1 fully saturated rings. The predicted molar refractivity (Wildman–Crippen MR) is 109 cm³/mol. The van der Waals surface area contributed by atoms with Crippen molar-refractivity contribution in [3.05, 3.63) is 40.4 Å². The van der Waals surface area contributed by atoms with Gasteiger partial charge in [0.1, 0.15) is 5.82 Å². The second-order valence-electron chi connectivity index (χ2n) is 7.66. The highest BCUT2D eigenvalue weighted by atomic mass is 16.5. The molecule has 1 aromatic carbocycles. The largest absolute Gasteiger partial charge is 0.383 e. The van der Waals surface area contributed by atoms with Crippen molar-refractivity contribution in [1.82, 2.24) is 19.8 Å². The van der Waals surface area contributed by atoms with E-state index in [1.807, 2.05) is 28.8 Å². The molecule has 2 heterocycles. The van der Waals surface area contributed by atoms with Gasteiger partial charge in [0.05, 0.1) is 30.1 Å². The zero-order valence-corrected chi connectivity index (χ0v) is 16.9. The van der Waals surface area contributed by atoms with Crippen molar-refractivity contribution in [3.8, 4) is 0 Å². The highest BCUT2D eigenvalue weighted by Crippen LogP contribution is 2.27. The Morgan fingerprint density at radius 3 is 2.63 bits per heavy atom. The summed E-state index contributed by atoms with van der Waals surface area (Å²) in [5.41, 5.74) is 0.813. The van der Waals surface area contributed by atoms with E-state index >= 15 is 0 Å². The third kappa shape index (κ3) is 4.39. The molecule has 6 nitrogen and oxygen atoms in total. The molecule has 0 amide bonds. The van der Waals surface area contributed by atoms with E-state index in [1.54, 1.807) is 7.11 Å². The van der Waals surface area contributed by atoms with E-state index in [4.69, 9.17) is 9.72 Å². The standard InChI is InChI=1S/C21H32N4O2/c1-5-8-19(24-13-15(2)22-16(3)14-24)20-23-18-10-7-6-9-17(18)21(26)25(20)11-12-27-4/h6-7,9-10,15-16,19,22H,5,8,11-14H2,1-4H3/t15-,16+,19-/m1/s1. The molecule has 0 radical (unpaired) electrons. The molecule has 0 aliphatic carbocycles. The maximum Gasteiger partial charge on any atom is 0.261 e. The normalized spacial score (nSPS) is 22.2. The number of hydrogen-bond donors (Lipinski definition) is 1. The van der Waals surface area contributed by atoms with Gasteiger partial charge in [-0.25, -0.2) is 4.98 Å². The van der Waals surface area contributed by atoms with Gasteiger partial charge in [0.25, 0.3) is 5.56 Å². The summed E-state index contributed by atoms with van der Waals surface area (Å²) in [4.78, 5) is 20.7. The lowest BCUT2D eigenvalue weighted by atomic mass is 10.0. The molecular formula is C21H32N4O2. The monoisotopic (exact) mass is 372 g/mol. The molecule has 1 aliphatic rings. The third-order valence-electron chi connectivity index (χ3n) is 5.30. The molecule has 27 heavy (non-hydrogen) atoms. The first-order chi connectivity index (χ1) is 13.0. The molecule has 0 saturated carbocycles. The quantitative estimate of drug-likeness (QED) is 0.809. The zero-order valence-electron chi connectivity index (χ0n) is 16.9. The highest BCUT2D eigenvalue weighted by Gasteiger charge is 2.30. The lowest BCUT2D eigenvalue weighted by Crippen LogP contribution is -2.55. The van der Waals surface area contributed by atoms with E-state index in [1.165, 1.54) is 0 Å². The van der Waals surface area contributed by atoms with Crippen LogP contribution in [0.2, 0.25) is 0 Å². The first-order valence-electron chi connectivity index (χ1n) is 10.0. The van der Waals surface area contributed by atoms with Crippen molar-refractivity contribution in [1.29, 1.82) is 0 Å². The van der Waals surface area contributed by atoms with Gasteiger partial charge in [-0.3, -0.25) is 14.3 Å². The van der Waals surface area contributed by atoms with Gasteiger partial charge in [0, 0.05) is 32.3 Å². The summed E-state index contributed by atoms with van der Waals surface area (Å²) in [5, 5.41) is 4.27. The Bertz CT molecular complexity index is 809. The summed E-state index contributed by atoms with van der Waals surface area (Å²) in [5.74, 6) is 0.874. The fourth-order valence-electron chi connectivity index (χ4n) is 4.21. The molecule has 1 aromatic heterocycles. The van der Waals surface area contributed by atoms with Gasteiger partial charge in [0.15, 0.2) is 0 Å². The minimum Gasteiger partial charge on any atom is -0.383 e. The smallest absolute Gasteiger partial charge is 0.261 e. The number of aromatic nitrogens is 2. The fraction of sp³-hybridized carbons (Fsp3) is 0.619. The average molecular weight is 373 g/mol. The third-order valence-corrected chi connectivity index (χ3v) is 5.30. The topological polar surface area (TPSA) is 59.4 Å². The number of ether oxygens (including phenoxy) is 1. The highest BCUT2D eigenvalue weighted by molar-refractivity contribution is 5.77. The van der Waals surface area contributed by atoms with Crippen molar-refractivity contribution in [2.75, 3.05) is 26.8 Å². The molecule has 1 aliphatic heterocycles. The first kappa shape index (κ1) is 20.0. The number of fused-ring (bicyclic) bond motifs is 1. The van der Waals surface area contributed by atoms with Crippen LogP contribution in [0.15, 0.2) is 29.1 Å². The first-order valence-corrected chi connectivity index (χ1v) is 10.0. The number of rotatable bonds is 7.